The lowest BCUT2D eigenvalue weighted by atomic mass is 10.0. The smallest absolute Gasteiger partial charge is 0.255 e. The Kier molecular flexibility index (Phi) is 5.01. The van der Waals surface area contributed by atoms with Crippen LogP contribution in [0.25, 0.3) is 0 Å². The van der Waals surface area contributed by atoms with Gasteiger partial charge in [0, 0.05) is 38.9 Å². The Bertz CT molecular complexity index is 453. The summed E-state index contributed by atoms with van der Waals surface area (Å²) >= 11 is 0. The van der Waals surface area contributed by atoms with Gasteiger partial charge >= 0.3 is 0 Å². The number of piperidine rings is 1. The van der Waals surface area contributed by atoms with Gasteiger partial charge in [-0.2, -0.15) is 0 Å². The topological polar surface area (TPSA) is 35.6 Å². The Morgan fingerprint density at radius 3 is 2.60 bits per heavy atom. The minimum Gasteiger partial charge on any atom is -0.387 e. The van der Waals surface area contributed by atoms with Gasteiger partial charge in [0.15, 0.2) is 0 Å². The molecule has 0 spiro atoms. The minimum absolute atomic E-state index is 0.116. The molecule has 2 rings (SSSR count). The maximum absolute atomic E-state index is 12.6. The second-order valence-electron chi connectivity index (χ2n) is 5.38. The fourth-order valence-corrected chi connectivity index (χ4v) is 2.87. The van der Waals surface area contributed by atoms with Gasteiger partial charge in [-0.3, -0.25) is 4.79 Å². The first-order valence-electron chi connectivity index (χ1n) is 7.43. The third-order valence-electron chi connectivity index (χ3n) is 4.30. The molecular weight excluding hydrogens is 250 g/mol. The number of para-hydroxylation sites is 1. The summed E-state index contributed by atoms with van der Waals surface area (Å²) in [5.41, 5.74) is 1.66. The van der Waals surface area contributed by atoms with Crippen molar-refractivity contribution in [3.63, 3.8) is 0 Å². The summed E-state index contributed by atoms with van der Waals surface area (Å²) in [6.45, 7) is 5.48. The highest BCUT2D eigenvalue weighted by Gasteiger charge is 2.26. The van der Waals surface area contributed by atoms with Crippen LogP contribution in [0.1, 0.15) is 30.1 Å². The zero-order valence-electron chi connectivity index (χ0n) is 12.7. The maximum Gasteiger partial charge on any atom is 0.255 e. The average molecular weight is 275 g/mol. The molecule has 110 valence electrons. The summed E-state index contributed by atoms with van der Waals surface area (Å²) in [5, 5.41) is 3.09. The number of amides is 1. The highest BCUT2D eigenvalue weighted by Crippen LogP contribution is 2.21. The predicted octanol–water partition coefficient (Wildman–Crippen LogP) is 2.28. The minimum atomic E-state index is 0.116. The third kappa shape index (κ3) is 3.12. The van der Waals surface area contributed by atoms with E-state index >= 15 is 0 Å². The van der Waals surface area contributed by atoms with Gasteiger partial charge in [0.25, 0.3) is 5.91 Å². The quantitative estimate of drug-likeness (QED) is 0.915. The second-order valence-corrected chi connectivity index (χ2v) is 5.38. The van der Waals surface area contributed by atoms with E-state index in [1.54, 1.807) is 0 Å². The number of carbonyl (C=O) groups excluding carboxylic acids is 1. The lowest BCUT2D eigenvalue weighted by Crippen LogP contribution is -2.45. The number of hydrogen-bond acceptors (Lipinski definition) is 3. The number of benzene rings is 1. The Morgan fingerprint density at radius 1 is 1.35 bits per heavy atom. The summed E-state index contributed by atoms with van der Waals surface area (Å²) in [6, 6.07) is 8.06. The van der Waals surface area contributed by atoms with Crippen molar-refractivity contribution in [1.82, 2.24) is 9.80 Å². The maximum atomic E-state index is 12.6. The molecule has 0 bridgehead atoms. The molecule has 0 atom stereocenters. The van der Waals surface area contributed by atoms with Crippen LogP contribution in [-0.2, 0) is 0 Å². The van der Waals surface area contributed by atoms with E-state index in [4.69, 9.17) is 0 Å². The molecule has 0 unspecified atom stereocenters. The molecule has 4 heteroatoms. The largest absolute Gasteiger partial charge is 0.387 e. The van der Waals surface area contributed by atoms with Crippen LogP contribution in [0.2, 0.25) is 0 Å². The van der Waals surface area contributed by atoms with Crippen LogP contribution in [0.4, 0.5) is 5.69 Å². The Labute approximate surface area is 121 Å². The first-order chi connectivity index (χ1) is 9.67. The summed E-state index contributed by atoms with van der Waals surface area (Å²) < 4.78 is 0. The number of carbonyl (C=O) groups is 1. The standard InChI is InChI=1S/C16H25N3O/c1-4-19-11-9-13(10-12-19)18(3)16(20)14-7-5-6-8-15(14)17-2/h5-8,13,17H,4,9-12H2,1-3H3. The number of likely N-dealkylation sites (tertiary alicyclic amines) is 1. The Balaban J connectivity index is 2.05. The molecule has 1 aliphatic heterocycles. The van der Waals surface area contributed by atoms with E-state index in [0.717, 1.165) is 43.7 Å². The molecule has 0 saturated carbocycles. The van der Waals surface area contributed by atoms with Gasteiger partial charge in [-0.15, -0.1) is 0 Å². The summed E-state index contributed by atoms with van der Waals surface area (Å²) in [4.78, 5) is 17.0. The predicted molar refractivity (Wildman–Crippen MR) is 83.2 cm³/mol. The van der Waals surface area contributed by atoms with Gasteiger partial charge in [-0.05, 0) is 31.5 Å². The first-order valence-corrected chi connectivity index (χ1v) is 7.43. The molecule has 1 aliphatic rings. The van der Waals surface area contributed by atoms with Crippen LogP contribution in [0.5, 0.6) is 0 Å². The highest BCUT2D eigenvalue weighted by molar-refractivity contribution is 5.99. The number of nitrogens with one attached hydrogen (secondary N) is 1. The zero-order chi connectivity index (χ0) is 14.5. The van der Waals surface area contributed by atoms with Crippen LogP contribution in [0, 0.1) is 0 Å². The molecule has 1 heterocycles. The number of rotatable bonds is 4. The fraction of sp³-hybridized carbons (Fsp3) is 0.562. The summed E-state index contributed by atoms with van der Waals surface area (Å²) in [5.74, 6) is 0.116. The number of anilines is 1. The molecule has 20 heavy (non-hydrogen) atoms. The van der Waals surface area contributed by atoms with Crippen LogP contribution in [0.15, 0.2) is 24.3 Å². The molecule has 1 aromatic rings. The van der Waals surface area contributed by atoms with E-state index in [1.807, 2.05) is 43.3 Å². The third-order valence-corrected chi connectivity index (χ3v) is 4.30. The molecule has 1 saturated heterocycles. The van der Waals surface area contributed by atoms with Crippen molar-refractivity contribution in [1.29, 1.82) is 0 Å². The zero-order valence-corrected chi connectivity index (χ0v) is 12.7. The van der Waals surface area contributed by atoms with Gasteiger partial charge < -0.3 is 15.1 Å². The Hall–Kier alpha value is -1.55. The van der Waals surface area contributed by atoms with Gasteiger partial charge in [0.1, 0.15) is 0 Å². The SMILES string of the molecule is CCN1CCC(N(C)C(=O)c2ccccc2NC)CC1. The number of nitrogens with zero attached hydrogens (tertiary/aromatic N) is 2. The van der Waals surface area contributed by atoms with Crippen molar-refractivity contribution in [2.45, 2.75) is 25.8 Å². The van der Waals surface area contributed by atoms with E-state index in [9.17, 15) is 4.79 Å². The van der Waals surface area contributed by atoms with Crippen LogP contribution in [-0.4, -0.2) is 55.5 Å². The van der Waals surface area contributed by atoms with Crippen molar-refractivity contribution >= 4 is 11.6 Å². The molecule has 1 amide bonds. The normalized spacial score (nSPS) is 16.9. The van der Waals surface area contributed by atoms with Crippen molar-refractivity contribution in [3.05, 3.63) is 29.8 Å². The van der Waals surface area contributed by atoms with E-state index in [-0.39, 0.29) is 5.91 Å². The molecule has 0 aromatic heterocycles. The summed E-state index contributed by atoms with van der Waals surface area (Å²) in [7, 11) is 3.78. The average Bonchev–Trinajstić information content (AvgIpc) is 2.53. The van der Waals surface area contributed by atoms with E-state index < -0.39 is 0 Å². The molecule has 1 aromatic carbocycles. The molecule has 0 radical (unpaired) electrons. The monoisotopic (exact) mass is 275 g/mol. The van der Waals surface area contributed by atoms with E-state index in [0.29, 0.717) is 6.04 Å². The highest BCUT2D eigenvalue weighted by atomic mass is 16.2. The van der Waals surface area contributed by atoms with Crippen LogP contribution in [0.3, 0.4) is 0 Å². The molecule has 1 N–H and O–H groups in total. The van der Waals surface area contributed by atoms with Crippen molar-refractivity contribution in [3.8, 4) is 0 Å². The molecular formula is C16H25N3O. The first kappa shape index (κ1) is 14.9. The molecule has 0 aliphatic carbocycles. The Morgan fingerprint density at radius 2 is 2.00 bits per heavy atom. The number of hydrogen-bond donors (Lipinski definition) is 1. The summed E-state index contributed by atoms with van der Waals surface area (Å²) in [6.07, 6.45) is 2.13. The lowest BCUT2D eigenvalue weighted by Gasteiger charge is -2.36. The lowest BCUT2D eigenvalue weighted by molar-refractivity contribution is 0.0648. The van der Waals surface area contributed by atoms with E-state index in [1.165, 1.54) is 0 Å². The van der Waals surface area contributed by atoms with Crippen LogP contribution >= 0.6 is 0 Å². The second kappa shape index (κ2) is 6.75. The van der Waals surface area contributed by atoms with Gasteiger partial charge in [-0.25, -0.2) is 0 Å². The van der Waals surface area contributed by atoms with Crippen molar-refractivity contribution < 1.29 is 4.79 Å². The van der Waals surface area contributed by atoms with Crippen LogP contribution < -0.4 is 5.32 Å². The van der Waals surface area contributed by atoms with Gasteiger partial charge in [0.2, 0.25) is 0 Å². The fourth-order valence-electron chi connectivity index (χ4n) is 2.87. The molecule has 4 nitrogen and oxygen atoms in total. The van der Waals surface area contributed by atoms with E-state index in [2.05, 4.69) is 17.1 Å². The molecule has 1 fully saturated rings. The van der Waals surface area contributed by atoms with Crippen molar-refractivity contribution in [2.75, 3.05) is 39.0 Å². The van der Waals surface area contributed by atoms with Gasteiger partial charge in [-0.1, -0.05) is 19.1 Å². The van der Waals surface area contributed by atoms with Crippen molar-refractivity contribution in [2.24, 2.45) is 0 Å². The van der Waals surface area contributed by atoms with Gasteiger partial charge in [0.05, 0.1) is 5.56 Å².